The first kappa shape index (κ1) is 17.2. The summed E-state index contributed by atoms with van der Waals surface area (Å²) in [5.74, 6) is -2.41. The van der Waals surface area contributed by atoms with Gasteiger partial charge < -0.3 is 15.5 Å². The van der Waals surface area contributed by atoms with Gasteiger partial charge in [0.25, 0.3) is 0 Å². The third-order valence-corrected chi connectivity index (χ3v) is 3.54. The molecule has 6 nitrogen and oxygen atoms in total. The number of phenols is 1. The summed E-state index contributed by atoms with van der Waals surface area (Å²) in [7, 11) is 0. The molecule has 124 valence electrons. The molecule has 0 aliphatic carbocycles. The Labute approximate surface area is 138 Å². The molecule has 0 heterocycles. The molecule has 0 saturated heterocycles. The first-order valence-electron chi connectivity index (χ1n) is 7.39. The highest BCUT2D eigenvalue weighted by Gasteiger charge is 2.27. The van der Waals surface area contributed by atoms with E-state index in [4.69, 9.17) is 0 Å². The predicted molar refractivity (Wildman–Crippen MR) is 86.8 cm³/mol. The number of carbonyl (C=O) groups excluding carboxylic acids is 2. The molecule has 0 aliphatic rings. The largest absolute Gasteiger partial charge is 0.507 e. The van der Waals surface area contributed by atoms with Crippen LogP contribution in [-0.4, -0.2) is 27.9 Å². The first-order valence-corrected chi connectivity index (χ1v) is 7.39. The summed E-state index contributed by atoms with van der Waals surface area (Å²) in [6.07, 6.45) is 0.124. The quantitative estimate of drug-likeness (QED) is 0.706. The Hall–Kier alpha value is -3.15. The number of aromatic hydroxyl groups is 1. The number of amides is 1. The van der Waals surface area contributed by atoms with Gasteiger partial charge in [0.1, 0.15) is 5.75 Å². The average Bonchev–Trinajstić information content (AvgIpc) is 2.59. The second kappa shape index (κ2) is 7.41. The van der Waals surface area contributed by atoms with Crippen LogP contribution in [0.25, 0.3) is 0 Å². The van der Waals surface area contributed by atoms with E-state index in [0.29, 0.717) is 0 Å². The van der Waals surface area contributed by atoms with Crippen molar-refractivity contribution in [1.82, 2.24) is 5.32 Å². The van der Waals surface area contributed by atoms with Crippen molar-refractivity contribution >= 4 is 17.7 Å². The van der Waals surface area contributed by atoms with Crippen molar-refractivity contribution in [3.8, 4) is 5.75 Å². The molecule has 0 fully saturated rings. The van der Waals surface area contributed by atoms with Gasteiger partial charge >= 0.3 is 5.97 Å². The van der Waals surface area contributed by atoms with E-state index in [2.05, 4.69) is 5.32 Å². The molecule has 1 atom stereocenters. The van der Waals surface area contributed by atoms with Gasteiger partial charge in [0.15, 0.2) is 11.8 Å². The number of hydrogen-bond donors (Lipinski definition) is 3. The van der Waals surface area contributed by atoms with Gasteiger partial charge in [0, 0.05) is 12.0 Å². The molecule has 6 heteroatoms. The number of nitrogens with one attached hydrogen (secondary N) is 1. The van der Waals surface area contributed by atoms with E-state index in [1.54, 1.807) is 31.2 Å². The second-order valence-corrected chi connectivity index (χ2v) is 5.13. The molecular formula is C18H17NO5. The molecule has 0 aliphatic heterocycles. The number of phenolic OH excluding ortho intramolecular Hbond substituents is 1. The van der Waals surface area contributed by atoms with Crippen LogP contribution in [0.5, 0.6) is 5.75 Å². The molecule has 0 saturated carbocycles. The van der Waals surface area contributed by atoms with E-state index in [1.807, 2.05) is 0 Å². The first-order chi connectivity index (χ1) is 11.5. The predicted octanol–water partition coefficient (Wildman–Crippen LogP) is 2.28. The molecule has 0 aromatic heterocycles. The van der Waals surface area contributed by atoms with E-state index in [0.717, 1.165) is 0 Å². The van der Waals surface area contributed by atoms with Crippen LogP contribution < -0.4 is 5.32 Å². The highest BCUT2D eigenvalue weighted by molar-refractivity contribution is 6.12. The maximum absolute atomic E-state index is 12.7. The molecule has 1 amide bonds. The Bertz CT molecular complexity index is 784. The summed E-state index contributed by atoms with van der Waals surface area (Å²) in [6, 6.07) is 10.8. The monoisotopic (exact) mass is 327 g/mol. The molecule has 2 rings (SSSR count). The zero-order valence-electron chi connectivity index (χ0n) is 13.0. The summed E-state index contributed by atoms with van der Waals surface area (Å²) < 4.78 is 0. The molecule has 24 heavy (non-hydrogen) atoms. The number of rotatable bonds is 6. The molecule has 0 spiro atoms. The molecule has 0 unspecified atom stereocenters. The van der Waals surface area contributed by atoms with Gasteiger partial charge in [-0.05, 0) is 17.7 Å². The summed E-state index contributed by atoms with van der Waals surface area (Å²) in [5.41, 5.74) is 0.346. The lowest BCUT2D eigenvalue weighted by molar-refractivity contribution is -0.142. The summed E-state index contributed by atoms with van der Waals surface area (Å²) in [5, 5.41) is 21.7. The van der Waals surface area contributed by atoms with Crippen LogP contribution >= 0.6 is 0 Å². The van der Waals surface area contributed by atoms with Crippen molar-refractivity contribution in [3.63, 3.8) is 0 Å². The Morgan fingerprint density at radius 1 is 1.00 bits per heavy atom. The zero-order valence-corrected chi connectivity index (χ0v) is 13.0. The maximum atomic E-state index is 12.7. The lowest BCUT2D eigenvalue weighted by Crippen LogP contribution is -2.34. The molecule has 3 N–H and O–H groups in total. The second-order valence-electron chi connectivity index (χ2n) is 5.13. The number of benzene rings is 2. The SMILES string of the molecule is CCC(=O)N[C@@H](C(=O)O)c1ccccc1C(=O)c1ccccc1O. The number of aliphatic carboxylic acids is 1. The van der Waals surface area contributed by atoms with Crippen molar-refractivity contribution in [3.05, 3.63) is 65.2 Å². The number of carbonyl (C=O) groups is 3. The standard InChI is InChI=1S/C18H17NO5/c1-2-15(21)19-16(18(23)24)11-7-3-4-8-12(11)17(22)13-9-5-6-10-14(13)20/h3-10,16,20H,2H2,1H3,(H,19,21)(H,23,24)/t16-/m1/s1. The normalized spacial score (nSPS) is 11.5. The van der Waals surface area contributed by atoms with Crippen molar-refractivity contribution in [1.29, 1.82) is 0 Å². The van der Waals surface area contributed by atoms with Crippen molar-refractivity contribution in [2.24, 2.45) is 0 Å². The summed E-state index contributed by atoms with van der Waals surface area (Å²) in [6.45, 7) is 1.60. The average molecular weight is 327 g/mol. The van der Waals surface area contributed by atoms with Crippen LogP contribution in [0.15, 0.2) is 48.5 Å². The van der Waals surface area contributed by atoms with Crippen molar-refractivity contribution < 1.29 is 24.6 Å². The van der Waals surface area contributed by atoms with Crippen LogP contribution in [0.3, 0.4) is 0 Å². The number of hydrogen-bond acceptors (Lipinski definition) is 4. The van der Waals surface area contributed by atoms with Gasteiger partial charge in [-0.15, -0.1) is 0 Å². The van der Waals surface area contributed by atoms with Crippen LogP contribution in [0.1, 0.15) is 40.9 Å². The minimum Gasteiger partial charge on any atom is -0.507 e. The Morgan fingerprint density at radius 2 is 1.58 bits per heavy atom. The lowest BCUT2D eigenvalue weighted by atomic mass is 9.93. The van der Waals surface area contributed by atoms with Gasteiger partial charge in [0.05, 0.1) is 5.56 Å². The fraction of sp³-hybridized carbons (Fsp3) is 0.167. The van der Waals surface area contributed by atoms with Crippen LogP contribution in [0.2, 0.25) is 0 Å². The van der Waals surface area contributed by atoms with Crippen molar-refractivity contribution in [2.45, 2.75) is 19.4 Å². The third kappa shape index (κ3) is 3.60. The Balaban J connectivity index is 2.50. The van der Waals surface area contributed by atoms with Crippen LogP contribution in [-0.2, 0) is 9.59 Å². The topological polar surface area (TPSA) is 104 Å². The van der Waals surface area contributed by atoms with Gasteiger partial charge in [-0.25, -0.2) is 4.79 Å². The Morgan fingerprint density at radius 3 is 2.17 bits per heavy atom. The fourth-order valence-electron chi connectivity index (χ4n) is 2.30. The number of para-hydroxylation sites is 1. The fourth-order valence-corrected chi connectivity index (χ4v) is 2.30. The zero-order chi connectivity index (χ0) is 17.7. The molecular weight excluding hydrogens is 310 g/mol. The van der Waals surface area contributed by atoms with E-state index in [-0.39, 0.29) is 28.9 Å². The number of carboxylic acids is 1. The molecule has 2 aromatic carbocycles. The van der Waals surface area contributed by atoms with E-state index < -0.39 is 23.7 Å². The molecule has 2 aromatic rings. The highest BCUT2D eigenvalue weighted by atomic mass is 16.4. The molecule has 0 radical (unpaired) electrons. The minimum absolute atomic E-state index is 0.0657. The smallest absolute Gasteiger partial charge is 0.330 e. The number of ketones is 1. The lowest BCUT2D eigenvalue weighted by Gasteiger charge is -2.17. The minimum atomic E-state index is -1.34. The van der Waals surface area contributed by atoms with E-state index in [1.165, 1.54) is 24.3 Å². The van der Waals surface area contributed by atoms with E-state index >= 15 is 0 Å². The Kier molecular flexibility index (Phi) is 5.31. The summed E-state index contributed by atoms with van der Waals surface area (Å²) in [4.78, 5) is 35.9. The van der Waals surface area contributed by atoms with Crippen LogP contribution in [0.4, 0.5) is 0 Å². The van der Waals surface area contributed by atoms with Gasteiger partial charge in [-0.3, -0.25) is 9.59 Å². The van der Waals surface area contributed by atoms with Gasteiger partial charge in [0.2, 0.25) is 5.91 Å². The van der Waals surface area contributed by atoms with E-state index in [9.17, 15) is 24.6 Å². The van der Waals surface area contributed by atoms with Crippen molar-refractivity contribution in [2.75, 3.05) is 0 Å². The third-order valence-electron chi connectivity index (χ3n) is 3.54. The van der Waals surface area contributed by atoms with Gasteiger partial charge in [-0.1, -0.05) is 43.3 Å². The van der Waals surface area contributed by atoms with Crippen LogP contribution in [0, 0.1) is 0 Å². The maximum Gasteiger partial charge on any atom is 0.330 e. The van der Waals surface area contributed by atoms with Gasteiger partial charge in [-0.2, -0.15) is 0 Å². The summed E-state index contributed by atoms with van der Waals surface area (Å²) >= 11 is 0. The number of carboxylic acid groups (broad SMARTS) is 1. The highest BCUT2D eigenvalue weighted by Crippen LogP contribution is 2.25. The molecule has 0 bridgehead atoms.